The van der Waals surface area contributed by atoms with Crippen molar-refractivity contribution in [2.24, 2.45) is 5.92 Å². The number of aryl methyl sites for hydroxylation is 1. The molecular weight excluding hydrogens is 398 g/mol. The first kappa shape index (κ1) is 21.4. The van der Waals surface area contributed by atoms with Gasteiger partial charge in [0.05, 0.1) is 10.9 Å². The van der Waals surface area contributed by atoms with Gasteiger partial charge in [-0.15, -0.1) is 0 Å². The topological polar surface area (TPSA) is 66.5 Å². The molecule has 8 heteroatoms. The number of halogens is 2. The van der Waals surface area contributed by atoms with Gasteiger partial charge in [0.25, 0.3) is 0 Å². The molecule has 1 aliphatic rings. The molecule has 0 saturated carbocycles. The number of carbonyl (C=O) groups excluding carboxylic acids is 1. The molecule has 1 amide bonds. The van der Waals surface area contributed by atoms with Crippen molar-refractivity contribution in [3.8, 4) is 0 Å². The summed E-state index contributed by atoms with van der Waals surface area (Å²) in [6.45, 7) is 4.01. The molecule has 2 aromatic rings. The van der Waals surface area contributed by atoms with E-state index >= 15 is 0 Å². The molecule has 1 heterocycles. The normalized spacial score (nSPS) is 17.1. The Kier molecular flexibility index (Phi) is 6.33. The second-order valence-corrected chi connectivity index (χ2v) is 9.33. The maximum absolute atomic E-state index is 13.9. The van der Waals surface area contributed by atoms with Crippen molar-refractivity contribution in [3.05, 3.63) is 65.2 Å². The van der Waals surface area contributed by atoms with Crippen molar-refractivity contribution >= 4 is 15.9 Å². The number of nitrogens with one attached hydrogen (secondary N) is 1. The maximum atomic E-state index is 13.9. The Bertz CT molecular complexity index is 985. The van der Waals surface area contributed by atoms with Gasteiger partial charge in [-0.3, -0.25) is 4.79 Å². The van der Waals surface area contributed by atoms with Gasteiger partial charge in [0, 0.05) is 30.6 Å². The zero-order valence-corrected chi connectivity index (χ0v) is 17.2. The summed E-state index contributed by atoms with van der Waals surface area (Å²) >= 11 is 0. The summed E-state index contributed by atoms with van der Waals surface area (Å²) in [5.74, 6) is -2.00. The number of amides is 1. The van der Waals surface area contributed by atoms with Crippen molar-refractivity contribution in [1.82, 2.24) is 9.62 Å². The van der Waals surface area contributed by atoms with Crippen LogP contribution in [0.25, 0.3) is 0 Å². The predicted molar refractivity (Wildman–Crippen MR) is 106 cm³/mol. The van der Waals surface area contributed by atoms with E-state index in [0.29, 0.717) is 12.8 Å². The molecule has 156 valence electrons. The molecule has 0 spiro atoms. The van der Waals surface area contributed by atoms with Gasteiger partial charge in [0.1, 0.15) is 11.6 Å². The first-order valence-corrected chi connectivity index (χ1v) is 10.9. The van der Waals surface area contributed by atoms with E-state index in [9.17, 15) is 22.0 Å². The largest absolute Gasteiger partial charge is 0.349 e. The summed E-state index contributed by atoms with van der Waals surface area (Å²) in [6.07, 6.45) is 0.769. The first-order chi connectivity index (χ1) is 13.7. The molecule has 5 nitrogen and oxygen atoms in total. The molecule has 1 fully saturated rings. The quantitative estimate of drug-likeness (QED) is 0.801. The summed E-state index contributed by atoms with van der Waals surface area (Å²) in [5, 5.41) is 2.75. The van der Waals surface area contributed by atoms with Crippen molar-refractivity contribution < 1.29 is 22.0 Å². The number of hydrogen-bond acceptors (Lipinski definition) is 3. The fourth-order valence-electron chi connectivity index (χ4n) is 3.48. The minimum Gasteiger partial charge on any atom is -0.349 e. The van der Waals surface area contributed by atoms with E-state index in [2.05, 4.69) is 5.32 Å². The predicted octanol–water partition coefficient (Wildman–Crippen LogP) is 3.55. The molecule has 1 atom stereocenters. The first-order valence-electron chi connectivity index (χ1n) is 9.50. The standard InChI is InChI=1S/C21H24F2N2O3S/c1-14-3-6-18(7-4-14)29(27,28)25-11-9-16(10-12-25)21(26)24-15(2)19-8-5-17(22)13-20(19)23/h3-8,13,15-16H,9-12H2,1-2H3,(H,24,26). The van der Waals surface area contributed by atoms with Gasteiger partial charge in [-0.25, -0.2) is 17.2 Å². The molecule has 29 heavy (non-hydrogen) atoms. The Morgan fingerprint density at radius 3 is 2.31 bits per heavy atom. The van der Waals surface area contributed by atoms with Crippen molar-refractivity contribution in [1.29, 1.82) is 0 Å². The maximum Gasteiger partial charge on any atom is 0.243 e. The summed E-state index contributed by atoms with van der Waals surface area (Å²) in [4.78, 5) is 12.8. The Labute approximate surface area is 169 Å². The average Bonchev–Trinajstić information content (AvgIpc) is 2.68. The molecule has 0 radical (unpaired) electrons. The van der Waals surface area contributed by atoms with E-state index in [1.165, 1.54) is 10.4 Å². The van der Waals surface area contributed by atoms with Crippen LogP contribution < -0.4 is 5.32 Å². The molecule has 1 aliphatic heterocycles. The minimum absolute atomic E-state index is 0.208. The third-order valence-electron chi connectivity index (χ3n) is 5.27. The molecule has 3 rings (SSSR count). The molecule has 0 aliphatic carbocycles. The molecule has 1 N–H and O–H groups in total. The monoisotopic (exact) mass is 422 g/mol. The van der Waals surface area contributed by atoms with Crippen molar-refractivity contribution in [2.45, 2.75) is 37.6 Å². The third kappa shape index (κ3) is 4.82. The van der Waals surface area contributed by atoms with Gasteiger partial charge >= 0.3 is 0 Å². The highest BCUT2D eigenvalue weighted by Gasteiger charge is 2.32. The van der Waals surface area contributed by atoms with E-state index in [1.807, 2.05) is 6.92 Å². The van der Waals surface area contributed by atoms with E-state index in [-0.39, 0.29) is 35.4 Å². The summed E-state index contributed by atoms with van der Waals surface area (Å²) < 4.78 is 53.9. The summed E-state index contributed by atoms with van der Waals surface area (Å²) in [7, 11) is -3.59. The number of hydrogen-bond donors (Lipinski definition) is 1. The highest BCUT2D eigenvalue weighted by atomic mass is 32.2. The van der Waals surface area contributed by atoms with Gasteiger partial charge in [-0.2, -0.15) is 4.31 Å². The number of benzene rings is 2. The summed E-state index contributed by atoms with van der Waals surface area (Å²) in [6, 6.07) is 9.31. The fourth-order valence-corrected chi connectivity index (χ4v) is 4.95. The lowest BCUT2D eigenvalue weighted by molar-refractivity contribution is -0.126. The van der Waals surface area contributed by atoms with Crippen LogP contribution in [0.5, 0.6) is 0 Å². The smallest absolute Gasteiger partial charge is 0.243 e. The van der Waals surface area contributed by atoms with Gasteiger partial charge in [0.2, 0.25) is 15.9 Å². The van der Waals surface area contributed by atoms with Crippen LogP contribution >= 0.6 is 0 Å². The van der Waals surface area contributed by atoms with E-state index < -0.39 is 27.7 Å². The molecular formula is C21H24F2N2O3S. The Morgan fingerprint density at radius 2 is 1.72 bits per heavy atom. The van der Waals surface area contributed by atoms with Gasteiger partial charge in [0.15, 0.2) is 0 Å². The highest BCUT2D eigenvalue weighted by Crippen LogP contribution is 2.25. The lowest BCUT2D eigenvalue weighted by atomic mass is 9.96. The van der Waals surface area contributed by atoms with Crippen LogP contribution in [0.4, 0.5) is 8.78 Å². The van der Waals surface area contributed by atoms with E-state index in [1.54, 1.807) is 31.2 Å². The second-order valence-electron chi connectivity index (χ2n) is 7.39. The second kappa shape index (κ2) is 8.59. The lowest BCUT2D eigenvalue weighted by Crippen LogP contribution is -2.43. The number of piperidine rings is 1. The van der Waals surface area contributed by atoms with Gasteiger partial charge in [-0.05, 0) is 44.9 Å². The zero-order chi connectivity index (χ0) is 21.2. The summed E-state index contributed by atoms with van der Waals surface area (Å²) in [5.41, 5.74) is 1.19. The Hall–Kier alpha value is -2.32. The highest BCUT2D eigenvalue weighted by molar-refractivity contribution is 7.89. The average molecular weight is 422 g/mol. The number of rotatable bonds is 5. The molecule has 2 aromatic carbocycles. The molecule has 1 unspecified atom stereocenters. The third-order valence-corrected chi connectivity index (χ3v) is 7.18. The molecule has 0 aromatic heterocycles. The van der Waals surface area contributed by atoms with Crippen LogP contribution in [0.15, 0.2) is 47.4 Å². The van der Waals surface area contributed by atoms with Crippen LogP contribution in [0, 0.1) is 24.5 Å². The fraction of sp³-hybridized carbons (Fsp3) is 0.381. The SMILES string of the molecule is Cc1ccc(S(=O)(=O)N2CCC(C(=O)NC(C)c3ccc(F)cc3F)CC2)cc1. The Balaban J connectivity index is 1.60. The van der Waals surface area contributed by atoms with E-state index in [0.717, 1.165) is 17.7 Å². The lowest BCUT2D eigenvalue weighted by Gasteiger charge is -2.31. The minimum atomic E-state index is -3.59. The number of sulfonamides is 1. The van der Waals surface area contributed by atoms with Crippen molar-refractivity contribution in [3.63, 3.8) is 0 Å². The zero-order valence-electron chi connectivity index (χ0n) is 16.4. The van der Waals surface area contributed by atoms with Crippen LogP contribution in [0.1, 0.15) is 36.9 Å². The molecule has 0 bridgehead atoms. The van der Waals surface area contributed by atoms with Crippen molar-refractivity contribution in [2.75, 3.05) is 13.1 Å². The van der Waals surface area contributed by atoms with Gasteiger partial charge in [-0.1, -0.05) is 23.8 Å². The number of carbonyl (C=O) groups is 1. The van der Waals surface area contributed by atoms with Crippen LogP contribution in [-0.4, -0.2) is 31.7 Å². The van der Waals surface area contributed by atoms with Gasteiger partial charge < -0.3 is 5.32 Å². The van der Waals surface area contributed by atoms with E-state index in [4.69, 9.17) is 0 Å². The van der Waals surface area contributed by atoms with Crippen LogP contribution in [0.2, 0.25) is 0 Å². The van der Waals surface area contributed by atoms with Crippen LogP contribution in [0.3, 0.4) is 0 Å². The molecule has 1 saturated heterocycles. The van der Waals surface area contributed by atoms with Crippen LogP contribution in [-0.2, 0) is 14.8 Å². The Morgan fingerprint density at radius 1 is 1.10 bits per heavy atom. The number of nitrogens with zero attached hydrogens (tertiary/aromatic N) is 1.